The number of rotatable bonds is 25. The van der Waals surface area contributed by atoms with E-state index in [1.54, 1.807) is 0 Å². The number of benzene rings is 1. The summed E-state index contributed by atoms with van der Waals surface area (Å²) in [4.78, 5) is 2.44. The van der Waals surface area contributed by atoms with Crippen molar-refractivity contribution >= 4 is 5.69 Å². The van der Waals surface area contributed by atoms with Crippen molar-refractivity contribution in [1.82, 2.24) is 0 Å². The summed E-state index contributed by atoms with van der Waals surface area (Å²) in [6.07, 6.45) is 32.6. The average molecular weight is 472 g/mol. The highest BCUT2D eigenvalue weighted by Crippen LogP contribution is 2.18. The van der Waals surface area contributed by atoms with Crippen molar-refractivity contribution in [3.8, 4) is 0 Å². The topological polar surface area (TPSA) is 3.24 Å². The standard InChI is InChI=1S/C33H61N/c1-4-6-8-10-12-13-14-15-16-17-18-19-20-21-23-25-31-34(3)33-29-27-32(28-30-33)26-24-22-11-9-7-5-2/h27-30H,4-26,31H2,1-3H3. The highest BCUT2D eigenvalue weighted by Gasteiger charge is 2.02. The molecule has 198 valence electrons. The lowest BCUT2D eigenvalue weighted by molar-refractivity contribution is 0.529. The Morgan fingerprint density at radius 1 is 0.441 bits per heavy atom. The van der Waals surface area contributed by atoms with Gasteiger partial charge in [0.2, 0.25) is 0 Å². The minimum absolute atomic E-state index is 1.19. The Bertz CT molecular complexity index is 520. The Morgan fingerprint density at radius 2 is 0.794 bits per heavy atom. The van der Waals surface area contributed by atoms with E-state index in [4.69, 9.17) is 0 Å². The number of hydrogen-bond donors (Lipinski definition) is 0. The zero-order chi connectivity index (χ0) is 24.5. The molecule has 0 heterocycles. The van der Waals surface area contributed by atoms with Crippen molar-refractivity contribution in [2.24, 2.45) is 0 Å². The predicted octanol–water partition coefficient (Wildman–Crippen LogP) is 11.3. The molecule has 34 heavy (non-hydrogen) atoms. The summed E-state index contributed by atoms with van der Waals surface area (Å²) < 4.78 is 0. The molecule has 0 aliphatic carbocycles. The van der Waals surface area contributed by atoms with Crippen LogP contribution in [0.5, 0.6) is 0 Å². The molecule has 0 atom stereocenters. The SMILES string of the molecule is CCCCCCCCCCCCCCCCCCN(C)c1ccc(CCCCCCCC)cc1. The van der Waals surface area contributed by atoms with Gasteiger partial charge in [-0.15, -0.1) is 0 Å². The van der Waals surface area contributed by atoms with Gasteiger partial charge in [-0.1, -0.05) is 154 Å². The molecule has 0 saturated heterocycles. The highest BCUT2D eigenvalue weighted by molar-refractivity contribution is 5.46. The number of unbranched alkanes of at least 4 members (excludes halogenated alkanes) is 20. The fourth-order valence-corrected chi connectivity index (χ4v) is 5.05. The van der Waals surface area contributed by atoms with E-state index in [1.807, 2.05) is 0 Å². The van der Waals surface area contributed by atoms with Crippen molar-refractivity contribution < 1.29 is 0 Å². The third-order valence-electron chi connectivity index (χ3n) is 7.54. The van der Waals surface area contributed by atoms with Gasteiger partial charge in [-0.25, -0.2) is 0 Å². The molecule has 1 nitrogen and oxygen atoms in total. The van der Waals surface area contributed by atoms with Crippen LogP contribution >= 0.6 is 0 Å². The fourth-order valence-electron chi connectivity index (χ4n) is 5.05. The molecule has 0 aliphatic rings. The van der Waals surface area contributed by atoms with Crippen LogP contribution in [0.25, 0.3) is 0 Å². The van der Waals surface area contributed by atoms with Gasteiger partial charge in [-0.2, -0.15) is 0 Å². The Labute approximate surface area is 215 Å². The molecular weight excluding hydrogens is 410 g/mol. The summed E-state index contributed by atoms with van der Waals surface area (Å²) in [6.45, 7) is 5.78. The molecule has 0 saturated carbocycles. The molecule has 0 amide bonds. The van der Waals surface area contributed by atoms with Crippen LogP contribution in [-0.4, -0.2) is 13.6 Å². The first kappa shape index (κ1) is 31.1. The van der Waals surface area contributed by atoms with Crippen molar-refractivity contribution in [1.29, 1.82) is 0 Å². The lowest BCUT2D eigenvalue weighted by atomic mass is 10.0. The van der Waals surface area contributed by atoms with E-state index >= 15 is 0 Å². The predicted molar refractivity (Wildman–Crippen MR) is 156 cm³/mol. The molecule has 0 radical (unpaired) electrons. The minimum Gasteiger partial charge on any atom is -0.375 e. The molecule has 0 bridgehead atoms. The molecule has 1 aromatic rings. The molecular formula is C33H61N. The third kappa shape index (κ3) is 18.4. The van der Waals surface area contributed by atoms with Crippen LogP contribution < -0.4 is 4.90 Å². The molecule has 1 heteroatoms. The number of aryl methyl sites for hydroxylation is 1. The van der Waals surface area contributed by atoms with Gasteiger partial charge >= 0.3 is 0 Å². The van der Waals surface area contributed by atoms with Gasteiger partial charge in [-0.3, -0.25) is 0 Å². The van der Waals surface area contributed by atoms with Gasteiger partial charge < -0.3 is 4.90 Å². The van der Waals surface area contributed by atoms with E-state index in [1.165, 1.54) is 165 Å². The quantitative estimate of drug-likeness (QED) is 0.128. The normalized spacial score (nSPS) is 11.3. The summed E-state index contributed by atoms with van der Waals surface area (Å²) >= 11 is 0. The average Bonchev–Trinajstić information content (AvgIpc) is 2.86. The first-order valence-electron chi connectivity index (χ1n) is 15.6. The number of nitrogens with zero attached hydrogens (tertiary/aromatic N) is 1. The second kappa shape index (κ2) is 23.7. The van der Waals surface area contributed by atoms with E-state index < -0.39 is 0 Å². The summed E-state index contributed by atoms with van der Waals surface area (Å²) in [5.41, 5.74) is 2.89. The van der Waals surface area contributed by atoms with Crippen LogP contribution in [0.15, 0.2) is 24.3 Å². The monoisotopic (exact) mass is 471 g/mol. The molecule has 1 rings (SSSR count). The number of anilines is 1. The zero-order valence-corrected chi connectivity index (χ0v) is 23.7. The van der Waals surface area contributed by atoms with Gasteiger partial charge in [0.15, 0.2) is 0 Å². The fraction of sp³-hybridized carbons (Fsp3) is 0.818. The van der Waals surface area contributed by atoms with Crippen molar-refractivity contribution in [3.63, 3.8) is 0 Å². The first-order valence-corrected chi connectivity index (χ1v) is 15.6. The van der Waals surface area contributed by atoms with Crippen LogP contribution in [0.4, 0.5) is 5.69 Å². The molecule has 0 aromatic heterocycles. The van der Waals surface area contributed by atoms with Crippen molar-refractivity contribution in [2.45, 2.75) is 162 Å². The lowest BCUT2D eigenvalue weighted by Crippen LogP contribution is -2.18. The minimum atomic E-state index is 1.19. The van der Waals surface area contributed by atoms with Crippen LogP contribution in [-0.2, 0) is 6.42 Å². The van der Waals surface area contributed by atoms with Crippen molar-refractivity contribution in [2.75, 3.05) is 18.5 Å². The van der Waals surface area contributed by atoms with Gasteiger partial charge in [-0.05, 0) is 37.0 Å². The van der Waals surface area contributed by atoms with Crippen LogP contribution in [0.1, 0.15) is 161 Å². The van der Waals surface area contributed by atoms with E-state index in [2.05, 4.69) is 50.1 Å². The molecule has 1 aromatic carbocycles. The molecule has 0 N–H and O–H groups in total. The van der Waals surface area contributed by atoms with Gasteiger partial charge in [0.25, 0.3) is 0 Å². The van der Waals surface area contributed by atoms with Gasteiger partial charge in [0.05, 0.1) is 0 Å². The van der Waals surface area contributed by atoms with E-state index in [-0.39, 0.29) is 0 Å². The second-order valence-electron chi connectivity index (χ2n) is 10.9. The molecule has 0 unspecified atom stereocenters. The second-order valence-corrected chi connectivity index (χ2v) is 10.9. The molecule has 0 aliphatic heterocycles. The summed E-state index contributed by atoms with van der Waals surface area (Å²) in [7, 11) is 2.26. The first-order chi connectivity index (χ1) is 16.8. The third-order valence-corrected chi connectivity index (χ3v) is 7.54. The number of hydrogen-bond acceptors (Lipinski definition) is 1. The van der Waals surface area contributed by atoms with E-state index in [9.17, 15) is 0 Å². The maximum atomic E-state index is 2.44. The summed E-state index contributed by atoms with van der Waals surface area (Å²) in [6, 6.07) is 9.37. The molecule has 0 spiro atoms. The zero-order valence-electron chi connectivity index (χ0n) is 23.7. The van der Waals surface area contributed by atoms with Crippen LogP contribution in [0.3, 0.4) is 0 Å². The van der Waals surface area contributed by atoms with E-state index in [0.717, 1.165) is 0 Å². The highest BCUT2D eigenvalue weighted by atomic mass is 15.1. The Hall–Kier alpha value is -0.980. The van der Waals surface area contributed by atoms with Crippen molar-refractivity contribution in [3.05, 3.63) is 29.8 Å². The Kier molecular flexibility index (Phi) is 21.7. The Balaban J connectivity index is 1.90. The summed E-state index contributed by atoms with van der Waals surface area (Å²) in [5.74, 6) is 0. The van der Waals surface area contributed by atoms with Gasteiger partial charge in [0, 0.05) is 19.3 Å². The largest absolute Gasteiger partial charge is 0.375 e. The van der Waals surface area contributed by atoms with Crippen LogP contribution in [0, 0.1) is 0 Å². The van der Waals surface area contributed by atoms with Gasteiger partial charge in [0.1, 0.15) is 0 Å². The molecule has 0 fully saturated rings. The van der Waals surface area contributed by atoms with E-state index in [0.29, 0.717) is 0 Å². The lowest BCUT2D eigenvalue weighted by Gasteiger charge is -2.19. The maximum Gasteiger partial charge on any atom is 0.0363 e. The summed E-state index contributed by atoms with van der Waals surface area (Å²) in [5, 5.41) is 0. The smallest absolute Gasteiger partial charge is 0.0363 e. The maximum absolute atomic E-state index is 2.44. The van der Waals surface area contributed by atoms with Crippen LogP contribution in [0.2, 0.25) is 0 Å². The Morgan fingerprint density at radius 3 is 1.21 bits per heavy atom.